The average Bonchev–Trinajstić information content (AvgIpc) is 2.84. The van der Waals surface area contributed by atoms with E-state index in [1.54, 1.807) is 0 Å². The van der Waals surface area contributed by atoms with Crippen LogP contribution in [0.3, 0.4) is 0 Å². The lowest BCUT2D eigenvalue weighted by Gasteiger charge is -2.27. The summed E-state index contributed by atoms with van der Waals surface area (Å²) < 4.78 is 26.3. The Morgan fingerprint density at radius 3 is 2.20 bits per heavy atom. The van der Waals surface area contributed by atoms with E-state index in [0.29, 0.717) is 0 Å². The van der Waals surface area contributed by atoms with Gasteiger partial charge in [0.2, 0.25) is 0 Å². The van der Waals surface area contributed by atoms with Crippen LogP contribution in [-0.2, 0) is 15.0 Å². The fourth-order valence-electron chi connectivity index (χ4n) is 1.32. The number of carboxylic acids is 1. The van der Waals surface area contributed by atoms with Crippen molar-refractivity contribution >= 4 is 16.2 Å². The molecule has 0 aliphatic heterocycles. The third-order valence-corrected chi connectivity index (χ3v) is 4.30. The Morgan fingerprint density at radius 1 is 1.47 bits per heavy atom. The van der Waals surface area contributed by atoms with Gasteiger partial charge in [0, 0.05) is 14.1 Å². The first-order chi connectivity index (χ1) is 6.70. The molecule has 0 amide bonds. The van der Waals surface area contributed by atoms with Gasteiger partial charge in [0.15, 0.2) is 0 Å². The van der Waals surface area contributed by atoms with Crippen LogP contribution in [0, 0.1) is 5.92 Å². The second kappa shape index (κ2) is 3.73. The Hall–Kier alpha value is -0.660. The maximum absolute atomic E-state index is 11.5. The van der Waals surface area contributed by atoms with Gasteiger partial charge in [-0.1, -0.05) is 0 Å². The van der Waals surface area contributed by atoms with Gasteiger partial charge in [0.05, 0.1) is 0 Å². The molecular weight excluding hydrogens is 220 g/mol. The Balaban J connectivity index is 2.90. The standard InChI is InChI=1S/C8H16N2O4S/c1-8(7(11)12,6-4-5-6)9-15(13,14)10(2)3/h6,9H,4-5H2,1-3H3,(H,11,12). The molecule has 0 bridgehead atoms. The maximum Gasteiger partial charge on any atom is 0.324 e. The van der Waals surface area contributed by atoms with Gasteiger partial charge >= 0.3 is 5.97 Å². The third kappa shape index (κ3) is 2.47. The molecule has 1 fully saturated rings. The lowest BCUT2D eigenvalue weighted by Crippen LogP contribution is -2.56. The van der Waals surface area contributed by atoms with E-state index < -0.39 is 21.7 Å². The minimum Gasteiger partial charge on any atom is -0.480 e. The molecule has 1 saturated carbocycles. The summed E-state index contributed by atoms with van der Waals surface area (Å²) in [4.78, 5) is 11.1. The third-order valence-electron chi connectivity index (χ3n) is 2.66. The predicted octanol–water partition coefficient (Wildman–Crippen LogP) is -0.364. The predicted molar refractivity (Wildman–Crippen MR) is 54.5 cm³/mol. The summed E-state index contributed by atoms with van der Waals surface area (Å²) in [6.07, 6.45) is 1.50. The number of hydrogen-bond acceptors (Lipinski definition) is 3. The Bertz CT molecular complexity index is 361. The first kappa shape index (κ1) is 12.4. The highest BCUT2D eigenvalue weighted by molar-refractivity contribution is 7.87. The van der Waals surface area contributed by atoms with E-state index in [2.05, 4.69) is 4.72 Å². The van der Waals surface area contributed by atoms with Crippen molar-refractivity contribution in [3.63, 3.8) is 0 Å². The van der Waals surface area contributed by atoms with Gasteiger partial charge in [-0.3, -0.25) is 4.79 Å². The minimum absolute atomic E-state index is 0.107. The van der Waals surface area contributed by atoms with Crippen molar-refractivity contribution in [3.05, 3.63) is 0 Å². The second-order valence-corrected chi connectivity index (χ2v) is 6.06. The normalized spacial score (nSPS) is 21.3. The Kier molecular flexibility index (Phi) is 3.09. The highest BCUT2D eigenvalue weighted by Gasteiger charge is 2.50. The highest BCUT2D eigenvalue weighted by Crippen LogP contribution is 2.40. The van der Waals surface area contributed by atoms with E-state index in [4.69, 9.17) is 5.11 Å². The largest absolute Gasteiger partial charge is 0.480 e. The molecule has 0 radical (unpaired) electrons. The fourth-order valence-corrected chi connectivity index (χ4v) is 2.29. The Morgan fingerprint density at radius 2 is 1.93 bits per heavy atom. The van der Waals surface area contributed by atoms with Crippen LogP contribution in [0.25, 0.3) is 0 Å². The van der Waals surface area contributed by atoms with Crippen molar-refractivity contribution in [2.45, 2.75) is 25.3 Å². The van der Waals surface area contributed by atoms with E-state index >= 15 is 0 Å². The van der Waals surface area contributed by atoms with Gasteiger partial charge in [-0.15, -0.1) is 0 Å². The molecule has 1 unspecified atom stereocenters. The van der Waals surface area contributed by atoms with Crippen LogP contribution < -0.4 is 4.72 Å². The topological polar surface area (TPSA) is 86.7 Å². The zero-order valence-corrected chi connectivity index (χ0v) is 9.84. The molecule has 1 atom stereocenters. The summed E-state index contributed by atoms with van der Waals surface area (Å²) in [5, 5.41) is 9.04. The fraction of sp³-hybridized carbons (Fsp3) is 0.875. The van der Waals surface area contributed by atoms with Crippen LogP contribution in [-0.4, -0.2) is 43.4 Å². The van der Waals surface area contributed by atoms with Crippen molar-refractivity contribution < 1.29 is 18.3 Å². The molecule has 2 N–H and O–H groups in total. The number of nitrogens with zero attached hydrogens (tertiary/aromatic N) is 1. The number of carboxylic acid groups (broad SMARTS) is 1. The summed E-state index contributed by atoms with van der Waals surface area (Å²) >= 11 is 0. The van der Waals surface area contributed by atoms with Crippen LogP contribution in [0.4, 0.5) is 0 Å². The Labute approximate surface area is 89.4 Å². The summed E-state index contributed by atoms with van der Waals surface area (Å²) in [5.74, 6) is -1.24. The van der Waals surface area contributed by atoms with Gasteiger partial charge in [-0.2, -0.15) is 17.4 Å². The molecule has 15 heavy (non-hydrogen) atoms. The average molecular weight is 236 g/mol. The number of hydrogen-bond donors (Lipinski definition) is 2. The second-order valence-electron chi connectivity index (χ2n) is 4.17. The van der Waals surface area contributed by atoms with Gasteiger partial charge in [-0.05, 0) is 25.7 Å². The molecule has 0 spiro atoms. The number of carbonyl (C=O) groups is 1. The van der Waals surface area contributed by atoms with Gasteiger partial charge in [0.1, 0.15) is 5.54 Å². The van der Waals surface area contributed by atoms with Crippen molar-refractivity contribution in [2.75, 3.05) is 14.1 Å². The van der Waals surface area contributed by atoms with Gasteiger partial charge in [0.25, 0.3) is 10.2 Å². The van der Waals surface area contributed by atoms with E-state index in [1.807, 2.05) is 0 Å². The monoisotopic (exact) mass is 236 g/mol. The van der Waals surface area contributed by atoms with E-state index in [1.165, 1.54) is 21.0 Å². The lowest BCUT2D eigenvalue weighted by molar-refractivity contribution is -0.144. The summed E-state index contributed by atoms with van der Waals surface area (Å²) in [7, 11) is -0.986. The molecule has 1 rings (SSSR count). The van der Waals surface area contributed by atoms with Crippen molar-refractivity contribution in [3.8, 4) is 0 Å². The molecule has 1 aliphatic rings. The molecule has 0 heterocycles. The van der Waals surface area contributed by atoms with E-state index in [-0.39, 0.29) is 5.92 Å². The number of aliphatic carboxylic acids is 1. The van der Waals surface area contributed by atoms with Crippen molar-refractivity contribution in [1.82, 2.24) is 9.03 Å². The molecule has 1 aliphatic carbocycles. The summed E-state index contributed by atoms with van der Waals surface area (Å²) in [6.45, 7) is 1.41. The zero-order chi connectivity index (χ0) is 11.9. The van der Waals surface area contributed by atoms with Crippen molar-refractivity contribution in [1.29, 1.82) is 0 Å². The summed E-state index contributed by atoms with van der Waals surface area (Å²) in [6, 6.07) is 0. The smallest absolute Gasteiger partial charge is 0.324 e. The SMILES string of the molecule is CN(C)S(=O)(=O)NC(C)(C(=O)O)C1CC1. The van der Waals surface area contributed by atoms with E-state index in [0.717, 1.165) is 17.1 Å². The molecule has 88 valence electrons. The van der Waals surface area contributed by atoms with Crippen LogP contribution in [0.5, 0.6) is 0 Å². The van der Waals surface area contributed by atoms with E-state index in [9.17, 15) is 13.2 Å². The molecule has 0 aromatic heterocycles. The molecule has 0 aromatic rings. The first-order valence-electron chi connectivity index (χ1n) is 4.65. The van der Waals surface area contributed by atoms with Crippen LogP contribution in [0.15, 0.2) is 0 Å². The van der Waals surface area contributed by atoms with Crippen molar-refractivity contribution in [2.24, 2.45) is 5.92 Å². The van der Waals surface area contributed by atoms with Crippen LogP contribution >= 0.6 is 0 Å². The summed E-state index contributed by atoms with van der Waals surface area (Å²) in [5.41, 5.74) is -1.39. The maximum atomic E-state index is 11.5. The highest BCUT2D eigenvalue weighted by atomic mass is 32.2. The minimum atomic E-state index is -3.70. The molecule has 7 heteroatoms. The molecule has 6 nitrogen and oxygen atoms in total. The quantitative estimate of drug-likeness (QED) is 0.682. The lowest BCUT2D eigenvalue weighted by atomic mass is 9.98. The number of nitrogens with one attached hydrogen (secondary N) is 1. The molecule has 0 saturated heterocycles. The first-order valence-corrected chi connectivity index (χ1v) is 6.09. The zero-order valence-electron chi connectivity index (χ0n) is 9.02. The van der Waals surface area contributed by atoms with Gasteiger partial charge in [-0.25, -0.2) is 0 Å². The van der Waals surface area contributed by atoms with Crippen LogP contribution in [0.1, 0.15) is 19.8 Å². The number of rotatable bonds is 5. The van der Waals surface area contributed by atoms with Crippen LogP contribution in [0.2, 0.25) is 0 Å². The molecular formula is C8H16N2O4S. The molecule has 0 aromatic carbocycles. The van der Waals surface area contributed by atoms with Gasteiger partial charge < -0.3 is 5.11 Å².